The van der Waals surface area contributed by atoms with Crippen LogP contribution in [0.5, 0.6) is 0 Å². The molecule has 1 heterocycles. The second-order valence-electron chi connectivity index (χ2n) is 2.29. The summed E-state index contributed by atoms with van der Waals surface area (Å²) in [5.41, 5.74) is 0.301. The van der Waals surface area contributed by atoms with Gasteiger partial charge in [0.1, 0.15) is 5.70 Å². The van der Waals surface area contributed by atoms with Gasteiger partial charge in [0.2, 0.25) is 0 Å². The first kappa shape index (κ1) is 8.39. The van der Waals surface area contributed by atoms with Crippen LogP contribution in [0.4, 0.5) is 0 Å². The number of nitrogens with zero attached hydrogens (tertiary/aromatic N) is 2. The molecule has 0 unspecified atom stereocenters. The van der Waals surface area contributed by atoms with Crippen molar-refractivity contribution < 1.29 is 9.59 Å². The Labute approximate surface area is 69.9 Å². The maximum absolute atomic E-state index is 11.2. The van der Waals surface area contributed by atoms with E-state index in [1.54, 1.807) is 0 Å². The molecule has 12 heavy (non-hydrogen) atoms. The first-order valence-electron chi connectivity index (χ1n) is 3.29. The van der Waals surface area contributed by atoms with Crippen molar-refractivity contribution in [3.05, 3.63) is 23.9 Å². The molecule has 62 valence electrons. The molecule has 1 aliphatic heterocycles. The van der Waals surface area contributed by atoms with Crippen molar-refractivity contribution in [2.45, 2.75) is 0 Å². The summed E-state index contributed by atoms with van der Waals surface area (Å²) in [6.45, 7) is 6.62. The van der Waals surface area contributed by atoms with Gasteiger partial charge >= 0.3 is 0 Å². The van der Waals surface area contributed by atoms with Crippen molar-refractivity contribution in [2.24, 2.45) is 4.99 Å². The van der Waals surface area contributed by atoms with Crippen molar-refractivity contribution in [1.29, 1.82) is 0 Å². The van der Waals surface area contributed by atoms with Crippen LogP contribution in [-0.4, -0.2) is 30.5 Å². The summed E-state index contributed by atoms with van der Waals surface area (Å²) >= 11 is 0. The van der Waals surface area contributed by atoms with E-state index in [0.717, 1.165) is 4.90 Å². The predicted octanol–water partition coefficient (Wildman–Crippen LogP) is 0.126. The lowest BCUT2D eigenvalue weighted by molar-refractivity contribution is -0.135. The number of carbonyl (C=O) groups excluding carboxylic acids is 2. The van der Waals surface area contributed by atoms with Crippen LogP contribution in [0.15, 0.2) is 28.9 Å². The highest BCUT2D eigenvalue weighted by Gasteiger charge is 2.33. The second kappa shape index (κ2) is 2.73. The Balaban J connectivity index is 3.27. The Morgan fingerprint density at radius 2 is 2.00 bits per heavy atom. The van der Waals surface area contributed by atoms with Gasteiger partial charge < -0.3 is 0 Å². The average molecular weight is 164 g/mol. The fraction of sp³-hybridized carbons (Fsp3) is 0.125. The fourth-order valence-electron chi connectivity index (χ4n) is 0.985. The molecule has 0 bridgehead atoms. The zero-order valence-corrected chi connectivity index (χ0v) is 6.70. The summed E-state index contributed by atoms with van der Waals surface area (Å²) in [6.07, 6.45) is 1.31. The molecule has 0 aromatic heterocycles. The quantitative estimate of drug-likeness (QED) is 0.430. The summed E-state index contributed by atoms with van der Waals surface area (Å²) in [6, 6.07) is 0. The molecule has 0 aliphatic carbocycles. The van der Waals surface area contributed by atoms with Gasteiger partial charge in [-0.15, -0.1) is 0 Å². The maximum Gasteiger partial charge on any atom is 0.279 e. The zero-order valence-electron chi connectivity index (χ0n) is 6.70. The molecule has 0 N–H and O–H groups in total. The largest absolute Gasteiger partial charge is 0.279 e. The van der Waals surface area contributed by atoms with E-state index in [1.165, 1.54) is 13.1 Å². The van der Waals surface area contributed by atoms with E-state index in [4.69, 9.17) is 0 Å². The molecule has 4 heteroatoms. The molecule has 0 aromatic carbocycles. The lowest BCUT2D eigenvalue weighted by Gasteiger charge is -2.03. The molecule has 1 rings (SSSR count). The summed E-state index contributed by atoms with van der Waals surface area (Å²) < 4.78 is 0. The molecule has 0 saturated carbocycles. The maximum atomic E-state index is 11.2. The van der Waals surface area contributed by atoms with Crippen LogP contribution < -0.4 is 0 Å². The van der Waals surface area contributed by atoms with Crippen molar-refractivity contribution >= 4 is 18.5 Å². The number of likely N-dealkylation sites (N-methyl/N-ethyl adjacent to an activating group) is 1. The third-order valence-electron chi connectivity index (χ3n) is 1.66. The lowest BCUT2D eigenvalue weighted by atomic mass is 10.2. The van der Waals surface area contributed by atoms with Gasteiger partial charge in [-0.3, -0.25) is 19.5 Å². The van der Waals surface area contributed by atoms with Crippen LogP contribution >= 0.6 is 0 Å². The highest BCUT2D eigenvalue weighted by Crippen LogP contribution is 2.20. The third kappa shape index (κ3) is 0.887. The number of carbonyl (C=O) groups is 2. The molecule has 2 amide bonds. The topological polar surface area (TPSA) is 49.7 Å². The normalized spacial score (nSPS) is 17.2. The van der Waals surface area contributed by atoms with Crippen molar-refractivity contribution in [1.82, 2.24) is 4.90 Å². The molecule has 0 radical (unpaired) electrons. The SMILES string of the molecule is C=CC1=C(N=C)C(=O)N(C)C1=O. The smallest absolute Gasteiger partial charge is 0.276 e. The Hall–Kier alpha value is -1.71. The minimum atomic E-state index is -0.426. The summed E-state index contributed by atoms with van der Waals surface area (Å²) in [7, 11) is 1.40. The fourth-order valence-corrected chi connectivity index (χ4v) is 0.985. The Morgan fingerprint density at radius 3 is 2.33 bits per heavy atom. The average Bonchev–Trinajstić information content (AvgIpc) is 2.29. The van der Waals surface area contributed by atoms with Crippen LogP contribution in [0.2, 0.25) is 0 Å². The van der Waals surface area contributed by atoms with Crippen LogP contribution in [0.25, 0.3) is 0 Å². The monoisotopic (exact) mass is 164 g/mol. The van der Waals surface area contributed by atoms with Crippen molar-refractivity contribution in [3.8, 4) is 0 Å². The second-order valence-corrected chi connectivity index (χ2v) is 2.29. The Kier molecular flexibility index (Phi) is 1.91. The van der Waals surface area contributed by atoms with E-state index in [9.17, 15) is 9.59 Å². The number of hydrogen-bond acceptors (Lipinski definition) is 3. The number of rotatable bonds is 2. The first-order valence-corrected chi connectivity index (χ1v) is 3.29. The number of aliphatic imine (C=N–C) groups is 1. The van der Waals surface area contributed by atoms with Gasteiger partial charge in [0.05, 0.1) is 5.57 Å². The van der Waals surface area contributed by atoms with Gasteiger partial charge in [-0.05, 0) is 6.72 Å². The highest BCUT2D eigenvalue weighted by molar-refractivity contribution is 6.20. The van der Waals surface area contributed by atoms with E-state index in [2.05, 4.69) is 18.3 Å². The summed E-state index contributed by atoms with van der Waals surface area (Å²) in [5.74, 6) is -0.803. The van der Waals surface area contributed by atoms with Crippen LogP contribution in [0.3, 0.4) is 0 Å². The van der Waals surface area contributed by atoms with E-state index in [0.29, 0.717) is 0 Å². The predicted molar refractivity (Wildman–Crippen MR) is 44.5 cm³/mol. The van der Waals surface area contributed by atoms with E-state index in [-0.39, 0.29) is 17.2 Å². The van der Waals surface area contributed by atoms with Gasteiger partial charge in [0.15, 0.2) is 0 Å². The Bertz CT molecular complexity index is 285. The standard InChI is InChI=1S/C8H8N2O2/c1-4-5-6(9-2)8(12)10(3)7(5)11/h4H,1-2H2,3H3. The van der Waals surface area contributed by atoms with Gasteiger partial charge in [-0.1, -0.05) is 12.7 Å². The lowest BCUT2D eigenvalue weighted by Crippen LogP contribution is -2.26. The molecule has 0 atom stereocenters. The summed E-state index contributed by atoms with van der Waals surface area (Å²) in [5, 5.41) is 0. The van der Waals surface area contributed by atoms with E-state index in [1.807, 2.05) is 0 Å². The van der Waals surface area contributed by atoms with Gasteiger partial charge in [-0.2, -0.15) is 0 Å². The molecule has 0 aromatic rings. The van der Waals surface area contributed by atoms with E-state index < -0.39 is 5.91 Å². The third-order valence-corrected chi connectivity index (χ3v) is 1.66. The molecule has 4 nitrogen and oxygen atoms in total. The van der Waals surface area contributed by atoms with Crippen molar-refractivity contribution in [2.75, 3.05) is 7.05 Å². The number of imide groups is 1. The molecule has 0 spiro atoms. The van der Waals surface area contributed by atoms with Crippen LogP contribution in [0.1, 0.15) is 0 Å². The minimum Gasteiger partial charge on any atom is -0.276 e. The molecular weight excluding hydrogens is 156 g/mol. The number of hydrogen-bond donors (Lipinski definition) is 0. The molecule has 1 aliphatic rings. The Morgan fingerprint density at radius 1 is 1.42 bits per heavy atom. The number of amides is 2. The van der Waals surface area contributed by atoms with Crippen LogP contribution in [-0.2, 0) is 9.59 Å². The van der Waals surface area contributed by atoms with Gasteiger partial charge in [-0.25, -0.2) is 0 Å². The summed E-state index contributed by atoms with van der Waals surface area (Å²) in [4.78, 5) is 26.8. The highest BCUT2D eigenvalue weighted by atomic mass is 16.2. The molecular formula is C8H8N2O2. The zero-order chi connectivity index (χ0) is 9.30. The van der Waals surface area contributed by atoms with Crippen molar-refractivity contribution in [3.63, 3.8) is 0 Å². The van der Waals surface area contributed by atoms with E-state index >= 15 is 0 Å². The van der Waals surface area contributed by atoms with Gasteiger partial charge in [0.25, 0.3) is 11.8 Å². The van der Waals surface area contributed by atoms with Crippen LogP contribution in [0, 0.1) is 0 Å². The van der Waals surface area contributed by atoms with Gasteiger partial charge in [0, 0.05) is 7.05 Å². The molecule has 0 fully saturated rings. The molecule has 0 saturated heterocycles. The minimum absolute atomic E-state index is 0.0810. The first-order chi connectivity index (χ1) is 5.63.